The van der Waals surface area contributed by atoms with Crippen molar-refractivity contribution in [2.24, 2.45) is 0 Å². The van der Waals surface area contributed by atoms with Crippen LogP contribution in [0.5, 0.6) is 11.5 Å². The second-order valence-corrected chi connectivity index (χ2v) is 4.76. The van der Waals surface area contributed by atoms with Crippen LogP contribution in [-0.2, 0) is 9.53 Å². The van der Waals surface area contributed by atoms with E-state index in [0.717, 1.165) is 0 Å². The van der Waals surface area contributed by atoms with Gasteiger partial charge in [-0.1, -0.05) is 42.5 Å². The molecule has 0 aromatic heterocycles. The number of para-hydroxylation sites is 2. The summed E-state index contributed by atoms with van der Waals surface area (Å²) in [5.74, 6) is 0.210. The summed E-state index contributed by atoms with van der Waals surface area (Å²) in [6.45, 7) is -0.250. The van der Waals surface area contributed by atoms with Crippen LogP contribution in [0.1, 0.15) is 10.4 Å². The fraction of sp³-hybridized carbons (Fsp3) is 0.176. The molecule has 0 bridgehead atoms. The van der Waals surface area contributed by atoms with Gasteiger partial charge in [-0.15, -0.1) is 0 Å². The summed E-state index contributed by atoms with van der Waals surface area (Å²) in [5.41, 5.74) is 0.501. The van der Waals surface area contributed by atoms with Gasteiger partial charge in [-0.3, -0.25) is 4.79 Å². The van der Waals surface area contributed by atoms with Crippen LogP contribution < -0.4 is 9.47 Å². The van der Waals surface area contributed by atoms with Crippen molar-refractivity contribution in [2.45, 2.75) is 6.10 Å². The number of rotatable bonds is 4. The van der Waals surface area contributed by atoms with Crippen molar-refractivity contribution in [3.8, 4) is 11.5 Å². The first kappa shape index (κ1) is 14.1. The van der Waals surface area contributed by atoms with Gasteiger partial charge in [0.15, 0.2) is 23.9 Å². The van der Waals surface area contributed by atoms with E-state index >= 15 is 0 Å². The predicted molar refractivity (Wildman–Crippen MR) is 78.1 cm³/mol. The smallest absolute Gasteiger partial charge is 0.351 e. The van der Waals surface area contributed by atoms with Gasteiger partial charge in [-0.25, -0.2) is 4.79 Å². The maximum absolute atomic E-state index is 12.0. The van der Waals surface area contributed by atoms with Gasteiger partial charge in [-0.2, -0.15) is 0 Å². The van der Waals surface area contributed by atoms with E-state index in [1.807, 2.05) is 12.1 Å². The van der Waals surface area contributed by atoms with E-state index in [1.165, 1.54) is 0 Å². The average molecular weight is 298 g/mol. The largest absolute Gasteiger partial charge is 0.485 e. The van der Waals surface area contributed by atoms with Crippen molar-refractivity contribution in [3.05, 3.63) is 60.2 Å². The molecule has 22 heavy (non-hydrogen) atoms. The van der Waals surface area contributed by atoms with Crippen LogP contribution in [0.15, 0.2) is 54.6 Å². The number of Topliss-reactive ketones (excluding diaryl/α,β-unsaturated/α-hetero) is 1. The Morgan fingerprint density at radius 1 is 1.00 bits per heavy atom. The molecule has 0 unspecified atom stereocenters. The Morgan fingerprint density at radius 2 is 1.68 bits per heavy atom. The first-order chi connectivity index (χ1) is 10.7. The molecule has 0 saturated heterocycles. The molecule has 3 rings (SSSR count). The van der Waals surface area contributed by atoms with Crippen LogP contribution in [0.4, 0.5) is 0 Å². The van der Waals surface area contributed by atoms with Gasteiger partial charge in [0, 0.05) is 5.56 Å². The van der Waals surface area contributed by atoms with Crippen molar-refractivity contribution >= 4 is 11.8 Å². The molecule has 112 valence electrons. The minimum absolute atomic E-state index is 0.0649. The lowest BCUT2D eigenvalue weighted by molar-refractivity contribution is -0.153. The summed E-state index contributed by atoms with van der Waals surface area (Å²) >= 11 is 0. The predicted octanol–water partition coefficient (Wildman–Crippen LogP) is 2.25. The second-order valence-electron chi connectivity index (χ2n) is 4.76. The number of carbonyl (C=O) groups excluding carboxylic acids is 2. The monoisotopic (exact) mass is 298 g/mol. The van der Waals surface area contributed by atoms with Crippen molar-refractivity contribution in [2.75, 3.05) is 13.2 Å². The van der Waals surface area contributed by atoms with Crippen LogP contribution in [-0.4, -0.2) is 31.1 Å². The van der Waals surface area contributed by atoms with Gasteiger partial charge in [0.2, 0.25) is 6.10 Å². The van der Waals surface area contributed by atoms with Gasteiger partial charge >= 0.3 is 5.97 Å². The van der Waals surface area contributed by atoms with Crippen molar-refractivity contribution in [1.82, 2.24) is 0 Å². The molecular weight excluding hydrogens is 284 g/mol. The standard InChI is InChI=1S/C17H14O5/c18-13(12-6-2-1-3-7-12)10-21-17(19)16-11-20-14-8-4-5-9-15(14)22-16/h1-9,16H,10-11H2/t16-/m0/s1. The maximum atomic E-state index is 12.0. The SMILES string of the molecule is O=C(COC(=O)[C@@H]1COc2ccccc2O1)c1ccccc1. The molecule has 2 aromatic rings. The van der Waals surface area contributed by atoms with Crippen LogP contribution in [0.3, 0.4) is 0 Å². The summed E-state index contributed by atoms with van der Waals surface area (Å²) in [5, 5.41) is 0. The zero-order valence-corrected chi connectivity index (χ0v) is 11.7. The van der Waals surface area contributed by atoms with E-state index in [0.29, 0.717) is 17.1 Å². The number of hydrogen-bond donors (Lipinski definition) is 0. The number of ketones is 1. The fourth-order valence-electron chi connectivity index (χ4n) is 2.07. The first-order valence-electron chi connectivity index (χ1n) is 6.87. The lowest BCUT2D eigenvalue weighted by Gasteiger charge is -2.24. The fourth-order valence-corrected chi connectivity index (χ4v) is 2.07. The summed E-state index contributed by atoms with van der Waals surface area (Å²) in [4.78, 5) is 23.8. The number of carbonyl (C=O) groups is 2. The molecule has 0 aliphatic carbocycles. The lowest BCUT2D eigenvalue weighted by Crippen LogP contribution is -2.38. The molecule has 0 saturated carbocycles. The average Bonchev–Trinajstić information content (AvgIpc) is 2.59. The molecule has 2 aromatic carbocycles. The van der Waals surface area contributed by atoms with Gasteiger partial charge in [-0.05, 0) is 12.1 Å². The number of hydrogen-bond acceptors (Lipinski definition) is 5. The van der Waals surface area contributed by atoms with Crippen LogP contribution >= 0.6 is 0 Å². The van der Waals surface area contributed by atoms with E-state index in [4.69, 9.17) is 14.2 Å². The molecule has 0 fully saturated rings. The van der Waals surface area contributed by atoms with Gasteiger partial charge in [0.05, 0.1) is 0 Å². The lowest BCUT2D eigenvalue weighted by atomic mass is 10.1. The Morgan fingerprint density at radius 3 is 2.45 bits per heavy atom. The van der Waals surface area contributed by atoms with Crippen molar-refractivity contribution < 1.29 is 23.8 Å². The maximum Gasteiger partial charge on any atom is 0.351 e. The zero-order chi connectivity index (χ0) is 15.4. The van der Waals surface area contributed by atoms with Crippen LogP contribution in [0, 0.1) is 0 Å². The number of esters is 1. The summed E-state index contributed by atoms with van der Waals surface area (Å²) in [7, 11) is 0. The topological polar surface area (TPSA) is 61.8 Å². The molecule has 1 aliphatic rings. The quantitative estimate of drug-likeness (QED) is 0.640. The molecule has 0 N–H and O–H groups in total. The van der Waals surface area contributed by atoms with E-state index < -0.39 is 12.1 Å². The molecule has 5 nitrogen and oxygen atoms in total. The second kappa shape index (κ2) is 6.30. The van der Waals surface area contributed by atoms with Crippen molar-refractivity contribution in [1.29, 1.82) is 0 Å². The minimum Gasteiger partial charge on any atom is -0.485 e. The molecule has 1 atom stereocenters. The van der Waals surface area contributed by atoms with E-state index in [9.17, 15) is 9.59 Å². The molecule has 5 heteroatoms. The van der Waals surface area contributed by atoms with Gasteiger partial charge < -0.3 is 14.2 Å². The van der Waals surface area contributed by atoms with E-state index in [2.05, 4.69) is 0 Å². The molecule has 0 radical (unpaired) electrons. The molecule has 1 aliphatic heterocycles. The minimum atomic E-state index is -0.863. The highest BCUT2D eigenvalue weighted by atomic mass is 16.6. The normalized spacial score (nSPS) is 15.9. The molecular formula is C17H14O5. The van der Waals surface area contributed by atoms with Gasteiger partial charge in [0.25, 0.3) is 0 Å². The number of benzene rings is 2. The third kappa shape index (κ3) is 3.09. The molecule has 0 spiro atoms. The Labute approximate surface area is 127 Å². The van der Waals surface area contributed by atoms with Crippen LogP contribution in [0.25, 0.3) is 0 Å². The van der Waals surface area contributed by atoms with E-state index in [1.54, 1.807) is 42.5 Å². The summed E-state index contributed by atoms with van der Waals surface area (Å²) in [6.07, 6.45) is -0.863. The van der Waals surface area contributed by atoms with E-state index in [-0.39, 0.29) is 19.0 Å². The summed E-state index contributed by atoms with van der Waals surface area (Å²) < 4.78 is 16.0. The molecule has 1 heterocycles. The Kier molecular flexibility index (Phi) is 4.05. The molecule has 0 amide bonds. The Hall–Kier alpha value is -2.82. The van der Waals surface area contributed by atoms with Gasteiger partial charge in [0.1, 0.15) is 6.61 Å². The highest BCUT2D eigenvalue weighted by Crippen LogP contribution is 2.31. The highest BCUT2D eigenvalue weighted by molar-refractivity contribution is 5.98. The van der Waals surface area contributed by atoms with Crippen LogP contribution in [0.2, 0.25) is 0 Å². The Bertz CT molecular complexity index is 680. The Balaban J connectivity index is 1.56. The first-order valence-corrected chi connectivity index (χ1v) is 6.87. The van der Waals surface area contributed by atoms with Crippen molar-refractivity contribution in [3.63, 3.8) is 0 Å². The summed E-state index contributed by atoms with van der Waals surface area (Å²) in [6, 6.07) is 15.7. The third-order valence-corrected chi connectivity index (χ3v) is 3.21. The highest BCUT2D eigenvalue weighted by Gasteiger charge is 2.29. The number of ether oxygens (including phenoxy) is 3. The number of fused-ring (bicyclic) bond motifs is 1. The zero-order valence-electron chi connectivity index (χ0n) is 11.7. The third-order valence-electron chi connectivity index (χ3n) is 3.21.